The second kappa shape index (κ2) is 6.53. The van der Waals surface area contributed by atoms with Crippen LogP contribution in [0.25, 0.3) is 0 Å². The lowest BCUT2D eigenvalue weighted by Crippen LogP contribution is -2.69. The van der Waals surface area contributed by atoms with Crippen LogP contribution in [-0.4, -0.2) is 21.9 Å². The van der Waals surface area contributed by atoms with Gasteiger partial charge >= 0.3 is 0 Å². The van der Waals surface area contributed by atoms with Crippen LogP contribution in [0.1, 0.15) is 119 Å². The first-order valence-corrected chi connectivity index (χ1v) is 13.6. The Morgan fingerprint density at radius 3 is 1.65 bits per heavy atom. The second-order valence-corrected chi connectivity index (χ2v) is 14.8. The van der Waals surface area contributed by atoms with Gasteiger partial charge in [0.2, 0.25) is 0 Å². The van der Waals surface area contributed by atoms with E-state index in [0.717, 1.165) is 31.1 Å². The standard InChI is InChI=1S/C29H50O2/c1-24(2)14-8-15-25(3)19(24)11-17-27(5)20(25)9-10-21-26(4)16-13-23(30)29(7,31)22(26)12-18-28(21,27)6/h19-23,30-31H,8-18H2,1-7H3/t19?,20?,21?,22?,23-,25-,26+,27+,28+,29-/m0/s1. The number of hydrogen-bond acceptors (Lipinski definition) is 2. The lowest BCUT2D eigenvalue weighted by Gasteiger charge is -2.74. The highest BCUT2D eigenvalue weighted by Crippen LogP contribution is 2.77. The third kappa shape index (κ3) is 2.64. The highest BCUT2D eigenvalue weighted by Gasteiger charge is 2.71. The van der Waals surface area contributed by atoms with Crippen molar-refractivity contribution >= 4 is 0 Å². The SMILES string of the molecule is CC1(C)CCC[C@@]2(C)C1CC[C@]1(C)C2CCC2[C@@]3(C)CC[C@H](O)[C@@](C)(O)C3CC[C@]21C. The number of fused-ring (bicyclic) bond motifs is 7. The van der Waals surface area contributed by atoms with Crippen molar-refractivity contribution in [3.63, 3.8) is 0 Å². The molecular weight excluding hydrogens is 380 g/mol. The lowest BCUT2D eigenvalue weighted by molar-refractivity contribution is -0.275. The molecule has 5 aliphatic carbocycles. The van der Waals surface area contributed by atoms with Gasteiger partial charge in [0.15, 0.2) is 0 Å². The summed E-state index contributed by atoms with van der Waals surface area (Å²) in [5.74, 6) is 2.64. The van der Waals surface area contributed by atoms with Crippen LogP contribution in [0.15, 0.2) is 0 Å². The van der Waals surface area contributed by atoms with Gasteiger partial charge in [0.05, 0.1) is 11.7 Å². The van der Waals surface area contributed by atoms with Crippen LogP contribution in [0.3, 0.4) is 0 Å². The number of hydrogen-bond donors (Lipinski definition) is 2. The van der Waals surface area contributed by atoms with Gasteiger partial charge in [0, 0.05) is 0 Å². The lowest BCUT2D eigenvalue weighted by atomic mass is 9.31. The summed E-state index contributed by atoms with van der Waals surface area (Å²) in [6.45, 7) is 17.6. The molecule has 0 aromatic heterocycles. The number of aliphatic hydroxyl groups is 2. The fourth-order valence-corrected chi connectivity index (χ4v) is 11.8. The van der Waals surface area contributed by atoms with Crippen molar-refractivity contribution in [3.8, 4) is 0 Å². The highest BCUT2D eigenvalue weighted by molar-refractivity contribution is 5.20. The van der Waals surface area contributed by atoms with Crippen molar-refractivity contribution in [2.24, 2.45) is 50.7 Å². The molecule has 0 heterocycles. The van der Waals surface area contributed by atoms with E-state index < -0.39 is 11.7 Å². The van der Waals surface area contributed by atoms with E-state index >= 15 is 0 Å². The third-order valence-corrected chi connectivity index (χ3v) is 13.5. The van der Waals surface area contributed by atoms with E-state index in [2.05, 4.69) is 41.5 Å². The molecular formula is C29H50O2. The van der Waals surface area contributed by atoms with E-state index in [1.54, 1.807) is 0 Å². The molecule has 178 valence electrons. The van der Waals surface area contributed by atoms with E-state index in [1.165, 1.54) is 51.4 Å². The Hall–Kier alpha value is -0.0800. The van der Waals surface area contributed by atoms with Crippen molar-refractivity contribution in [1.29, 1.82) is 0 Å². The Bertz CT molecular complexity index is 741. The molecule has 10 atom stereocenters. The molecule has 0 spiro atoms. The monoisotopic (exact) mass is 430 g/mol. The summed E-state index contributed by atoms with van der Waals surface area (Å²) in [5, 5.41) is 22.0. The molecule has 0 aromatic rings. The van der Waals surface area contributed by atoms with E-state index in [9.17, 15) is 10.2 Å². The van der Waals surface area contributed by atoms with Crippen LogP contribution in [0.2, 0.25) is 0 Å². The number of rotatable bonds is 0. The van der Waals surface area contributed by atoms with Crippen molar-refractivity contribution in [1.82, 2.24) is 0 Å². The zero-order valence-electron chi connectivity index (χ0n) is 21.6. The molecule has 2 heteroatoms. The average Bonchev–Trinajstić information content (AvgIpc) is 2.65. The average molecular weight is 431 g/mol. The smallest absolute Gasteiger partial charge is 0.0910 e. The summed E-state index contributed by atoms with van der Waals surface area (Å²) < 4.78 is 0. The summed E-state index contributed by atoms with van der Waals surface area (Å²) in [6.07, 6.45) is 13.4. The molecule has 31 heavy (non-hydrogen) atoms. The quantitative estimate of drug-likeness (QED) is 0.435. The molecule has 5 rings (SSSR count). The van der Waals surface area contributed by atoms with Gasteiger partial charge in [-0.25, -0.2) is 0 Å². The van der Waals surface area contributed by atoms with Gasteiger partial charge < -0.3 is 10.2 Å². The normalized spacial score (nSPS) is 60.9. The van der Waals surface area contributed by atoms with Crippen LogP contribution in [0.5, 0.6) is 0 Å². The van der Waals surface area contributed by atoms with Gasteiger partial charge in [-0.3, -0.25) is 0 Å². The maximum Gasteiger partial charge on any atom is 0.0910 e. The summed E-state index contributed by atoms with van der Waals surface area (Å²) in [6, 6.07) is 0. The predicted molar refractivity (Wildman–Crippen MR) is 128 cm³/mol. The van der Waals surface area contributed by atoms with E-state index in [-0.39, 0.29) is 11.3 Å². The maximum atomic E-state index is 11.4. The van der Waals surface area contributed by atoms with Gasteiger partial charge in [0.25, 0.3) is 0 Å². The van der Waals surface area contributed by atoms with Crippen LogP contribution >= 0.6 is 0 Å². The molecule has 0 amide bonds. The van der Waals surface area contributed by atoms with Gasteiger partial charge in [-0.2, -0.15) is 0 Å². The van der Waals surface area contributed by atoms with Crippen LogP contribution in [0.4, 0.5) is 0 Å². The Balaban J connectivity index is 1.54. The number of aliphatic hydroxyl groups excluding tert-OH is 1. The van der Waals surface area contributed by atoms with Gasteiger partial charge in [-0.15, -0.1) is 0 Å². The molecule has 0 saturated heterocycles. The van der Waals surface area contributed by atoms with Crippen LogP contribution in [-0.2, 0) is 0 Å². The molecule has 5 fully saturated rings. The van der Waals surface area contributed by atoms with Crippen LogP contribution in [0, 0.1) is 50.7 Å². The minimum atomic E-state index is -0.927. The summed E-state index contributed by atoms with van der Waals surface area (Å²) >= 11 is 0. The highest BCUT2D eigenvalue weighted by atomic mass is 16.3. The first-order valence-electron chi connectivity index (χ1n) is 13.6. The maximum absolute atomic E-state index is 11.4. The minimum absolute atomic E-state index is 0.160. The Labute approximate surface area is 192 Å². The molecule has 2 nitrogen and oxygen atoms in total. The molecule has 5 saturated carbocycles. The Morgan fingerprint density at radius 1 is 0.548 bits per heavy atom. The third-order valence-electron chi connectivity index (χ3n) is 13.5. The predicted octanol–water partition coefficient (Wildman–Crippen LogP) is 6.97. The van der Waals surface area contributed by atoms with Gasteiger partial charge in [0.1, 0.15) is 0 Å². The first kappa shape index (κ1) is 22.7. The first-order chi connectivity index (χ1) is 14.2. The summed E-state index contributed by atoms with van der Waals surface area (Å²) in [7, 11) is 0. The van der Waals surface area contributed by atoms with Crippen molar-refractivity contribution in [2.75, 3.05) is 0 Å². The molecule has 2 N–H and O–H groups in total. The Morgan fingerprint density at radius 2 is 1.06 bits per heavy atom. The molecule has 4 unspecified atom stereocenters. The fraction of sp³-hybridized carbons (Fsp3) is 1.00. The largest absolute Gasteiger partial charge is 0.390 e. The summed E-state index contributed by atoms with van der Waals surface area (Å²) in [4.78, 5) is 0. The van der Waals surface area contributed by atoms with Crippen molar-refractivity contribution in [3.05, 3.63) is 0 Å². The molecule has 0 aliphatic heterocycles. The molecule has 0 bridgehead atoms. The molecule has 0 radical (unpaired) electrons. The molecule has 5 aliphatic rings. The van der Waals surface area contributed by atoms with E-state index in [4.69, 9.17) is 0 Å². The minimum Gasteiger partial charge on any atom is -0.390 e. The van der Waals surface area contributed by atoms with Crippen LogP contribution < -0.4 is 0 Å². The second-order valence-electron chi connectivity index (χ2n) is 14.8. The van der Waals surface area contributed by atoms with Gasteiger partial charge in [-0.05, 0) is 122 Å². The van der Waals surface area contributed by atoms with Crippen molar-refractivity contribution in [2.45, 2.75) is 131 Å². The fourth-order valence-electron chi connectivity index (χ4n) is 11.8. The topological polar surface area (TPSA) is 40.5 Å². The zero-order valence-corrected chi connectivity index (χ0v) is 21.6. The zero-order chi connectivity index (χ0) is 22.7. The summed E-state index contributed by atoms with van der Waals surface area (Å²) in [5.41, 5.74) is 0.985. The van der Waals surface area contributed by atoms with E-state index in [0.29, 0.717) is 27.6 Å². The van der Waals surface area contributed by atoms with Gasteiger partial charge in [-0.1, -0.05) is 48.0 Å². The molecule has 0 aromatic carbocycles. The van der Waals surface area contributed by atoms with Crippen molar-refractivity contribution < 1.29 is 10.2 Å². The Kier molecular flexibility index (Phi) is 4.78. The van der Waals surface area contributed by atoms with E-state index in [1.807, 2.05) is 6.92 Å².